The topological polar surface area (TPSA) is 85.6 Å². The number of carbonyl (C=O) groups excluding carboxylic acids is 1. The van der Waals surface area contributed by atoms with Crippen LogP contribution in [0.2, 0.25) is 0 Å². The number of carbonyl (C=O) groups is 1. The molecule has 1 amide bonds. The van der Waals surface area contributed by atoms with E-state index in [9.17, 15) is 9.18 Å². The molecule has 3 rings (SSSR count). The number of nitrogens with one attached hydrogen (secondary N) is 2. The van der Waals surface area contributed by atoms with Gasteiger partial charge in [0.15, 0.2) is 0 Å². The van der Waals surface area contributed by atoms with E-state index in [4.69, 9.17) is 15.2 Å². The fourth-order valence-corrected chi connectivity index (χ4v) is 3.01. The van der Waals surface area contributed by atoms with Crippen molar-refractivity contribution in [1.29, 1.82) is 0 Å². The van der Waals surface area contributed by atoms with Crippen molar-refractivity contribution in [3.05, 3.63) is 76.9 Å². The lowest BCUT2D eigenvalue weighted by molar-refractivity contribution is -0.118. The maximum atomic E-state index is 13.5. The van der Waals surface area contributed by atoms with E-state index in [0.29, 0.717) is 29.2 Å². The molecule has 0 fully saturated rings. The molecule has 1 aliphatic heterocycles. The largest absolute Gasteiger partial charge is 0.497 e. The smallest absolute Gasteiger partial charge is 0.269 e. The first-order valence-corrected chi connectivity index (χ1v) is 8.72. The van der Waals surface area contributed by atoms with Crippen LogP contribution >= 0.6 is 0 Å². The third-order valence-corrected chi connectivity index (χ3v) is 4.43. The molecule has 0 atom stereocenters. The first-order chi connectivity index (χ1) is 13.5. The molecule has 2 aromatic carbocycles. The third kappa shape index (κ3) is 4.09. The maximum absolute atomic E-state index is 13.5. The molecule has 7 heteroatoms. The fraction of sp³-hybridized carbons (Fsp3) is 0.190. The van der Waals surface area contributed by atoms with Crippen molar-refractivity contribution in [2.24, 2.45) is 5.73 Å². The van der Waals surface area contributed by atoms with Crippen LogP contribution in [-0.4, -0.2) is 26.7 Å². The normalized spacial score (nSPS) is 13.5. The minimum Gasteiger partial charge on any atom is -0.497 e. The summed E-state index contributed by atoms with van der Waals surface area (Å²) in [5.41, 5.74) is 8.74. The standard InChI is InChI=1S/C21H22FN3O3/c1-27-16-6-7-18(28-2)14(11-16)12-25-21(26)20-19(23)17(8-9-24-20)13-4-3-5-15(22)10-13/h3-8,10-11,24H,9,12,23H2,1-2H3,(H,25,26). The minimum absolute atomic E-state index is 0.233. The van der Waals surface area contributed by atoms with E-state index < -0.39 is 0 Å². The summed E-state index contributed by atoms with van der Waals surface area (Å²) in [7, 11) is 3.13. The number of rotatable bonds is 6. The van der Waals surface area contributed by atoms with Crippen LogP contribution in [0.5, 0.6) is 11.5 Å². The van der Waals surface area contributed by atoms with Gasteiger partial charge in [0.1, 0.15) is 23.0 Å². The van der Waals surface area contributed by atoms with Gasteiger partial charge in [-0.25, -0.2) is 4.39 Å². The molecule has 0 saturated carbocycles. The molecule has 0 saturated heterocycles. The van der Waals surface area contributed by atoms with Crippen molar-refractivity contribution in [2.75, 3.05) is 20.8 Å². The summed E-state index contributed by atoms with van der Waals surface area (Å²) >= 11 is 0. The van der Waals surface area contributed by atoms with E-state index >= 15 is 0 Å². The van der Waals surface area contributed by atoms with Gasteiger partial charge in [-0.15, -0.1) is 0 Å². The lowest BCUT2D eigenvalue weighted by Gasteiger charge is -2.21. The molecule has 1 heterocycles. The number of dihydropyridines is 1. The van der Waals surface area contributed by atoms with Crippen LogP contribution in [0.1, 0.15) is 11.1 Å². The Balaban J connectivity index is 1.79. The Labute approximate surface area is 162 Å². The third-order valence-electron chi connectivity index (χ3n) is 4.43. The summed E-state index contributed by atoms with van der Waals surface area (Å²) in [6, 6.07) is 11.5. The van der Waals surface area contributed by atoms with Crippen molar-refractivity contribution in [3.63, 3.8) is 0 Å². The molecule has 0 aromatic heterocycles. The molecule has 2 aromatic rings. The van der Waals surface area contributed by atoms with Crippen LogP contribution in [0.15, 0.2) is 59.9 Å². The second-order valence-corrected chi connectivity index (χ2v) is 6.16. The van der Waals surface area contributed by atoms with Gasteiger partial charge in [0.25, 0.3) is 5.91 Å². The van der Waals surface area contributed by atoms with Crippen LogP contribution in [0.25, 0.3) is 5.57 Å². The Hall–Kier alpha value is -3.48. The highest BCUT2D eigenvalue weighted by Gasteiger charge is 2.21. The van der Waals surface area contributed by atoms with Gasteiger partial charge in [0.2, 0.25) is 0 Å². The van der Waals surface area contributed by atoms with Gasteiger partial charge in [-0.05, 0) is 35.9 Å². The zero-order chi connectivity index (χ0) is 20.1. The summed E-state index contributed by atoms with van der Waals surface area (Å²) < 4.78 is 24.1. The van der Waals surface area contributed by atoms with Gasteiger partial charge in [-0.3, -0.25) is 4.79 Å². The fourth-order valence-electron chi connectivity index (χ4n) is 3.01. The summed E-state index contributed by atoms with van der Waals surface area (Å²) in [5.74, 6) is 0.584. The molecule has 0 spiro atoms. The highest BCUT2D eigenvalue weighted by molar-refractivity contribution is 5.98. The molecule has 28 heavy (non-hydrogen) atoms. The Morgan fingerprint density at radius 1 is 1.21 bits per heavy atom. The van der Waals surface area contributed by atoms with E-state index in [1.807, 2.05) is 6.08 Å². The van der Waals surface area contributed by atoms with Gasteiger partial charge in [-0.2, -0.15) is 0 Å². The first-order valence-electron chi connectivity index (χ1n) is 8.72. The number of nitrogens with two attached hydrogens (primary N) is 1. The summed E-state index contributed by atoms with van der Waals surface area (Å²) in [6.07, 6.45) is 1.83. The van der Waals surface area contributed by atoms with Gasteiger partial charge in [0, 0.05) is 24.2 Å². The minimum atomic E-state index is -0.360. The van der Waals surface area contributed by atoms with Crippen LogP contribution in [0, 0.1) is 5.82 Å². The molecule has 0 unspecified atom stereocenters. The van der Waals surface area contributed by atoms with Crippen molar-refractivity contribution in [2.45, 2.75) is 6.54 Å². The average molecular weight is 383 g/mol. The number of hydrogen-bond acceptors (Lipinski definition) is 5. The Morgan fingerprint density at radius 2 is 2.04 bits per heavy atom. The molecule has 0 bridgehead atoms. The highest BCUT2D eigenvalue weighted by atomic mass is 19.1. The zero-order valence-electron chi connectivity index (χ0n) is 15.7. The van der Waals surface area contributed by atoms with Gasteiger partial charge >= 0.3 is 0 Å². The highest BCUT2D eigenvalue weighted by Crippen LogP contribution is 2.26. The van der Waals surface area contributed by atoms with E-state index in [1.165, 1.54) is 12.1 Å². The number of benzene rings is 2. The number of halogens is 1. The number of methoxy groups -OCH3 is 2. The van der Waals surface area contributed by atoms with Crippen LogP contribution in [0.3, 0.4) is 0 Å². The lowest BCUT2D eigenvalue weighted by Crippen LogP contribution is -2.36. The second kappa shape index (κ2) is 8.47. The van der Waals surface area contributed by atoms with Crippen molar-refractivity contribution < 1.29 is 18.7 Å². The van der Waals surface area contributed by atoms with E-state index in [0.717, 1.165) is 5.56 Å². The first kappa shape index (κ1) is 19.3. The second-order valence-electron chi connectivity index (χ2n) is 6.16. The summed E-state index contributed by atoms with van der Waals surface area (Å²) in [6.45, 7) is 0.647. The van der Waals surface area contributed by atoms with Crippen LogP contribution in [-0.2, 0) is 11.3 Å². The predicted octanol–water partition coefficient (Wildman–Crippen LogP) is 2.32. The molecular weight excluding hydrogens is 361 g/mol. The number of hydrogen-bond donors (Lipinski definition) is 3. The Morgan fingerprint density at radius 3 is 2.75 bits per heavy atom. The van der Waals surface area contributed by atoms with Gasteiger partial charge in [-0.1, -0.05) is 18.2 Å². The van der Waals surface area contributed by atoms with E-state index in [-0.39, 0.29) is 29.7 Å². The van der Waals surface area contributed by atoms with E-state index in [1.54, 1.807) is 44.6 Å². The Kier molecular flexibility index (Phi) is 5.84. The number of amides is 1. The average Bonchev–Trinajstić information content (AvgIpc) is 2.71. The summed E-state index contributed by atoms with van der Waals surface area (Å²) in [5, 5.41) is 5.82. The molecule has 1 aliphatic rings. The van der Waals surface area contributed by atoms with Crippen LogP contribution < -0.4 is 25.8 Å². The maximum Gasteiger partial charge on any atom is 0.269 e. The SMILES string of the molecule is COc1ccc(OC)c(CNC(=O)C2=C(N)C(c3cccc(F)c3)=CCN2)c1. The summed E-state index contributed by atoms with van der Waals surface area (Å²) in [4.78, 5) is 12.7. The number of allylic oxidation sites excluding steroid dienone is 1. The van der Waals surface area contributed by atoms with Gasteiger partial charge < -0.3 is 25.8 Å². The van der Waals surface area contributed by atoms with Crippen molar-refractivity contribution in [3.8, 4) is 11.5 Å². The van der Waals surface area contributed by atoms with Gasteiger partial charge in [0.05, 0.1) is 19.9 Å². The Bertz CT molecular complexity index is 954. The van der Waals surface area contributed by atoms with Crippen molar-refractivity contribution in [1.82, 2.24) is 10.6 Å². The zero-order valence-corrected chi connectivity index (χ0v) is 15.7. The molecule has 4 N–H and O–H groups in total. The molecular formula is C21H22FN3O3. The van der Waals surface area contributed by atoms with E-state index in [2.05, 4.69) is 10.6 Å². The van der Waals surface area contributed by atoms with Crippen LogP contribution in [0.4, 0.5) is 4.39 Å². The molecule has 0 radical (unpaired) electrons. The molecule has 0 aliphatic carbocycles. The van der Waals surface area contributed by atoms with Crippen molar-refractivity contribution >= 4 is 11.5 Å². The molecule has 146 valence electrons. The monoisotopic (exact) mass is 383 g/mol. The quantitative estimate of drug-likeness (QED) is 0.713. The number of ether oxygens (including phenoxy) is 2. The lowest BCUT2D eigenvalue weighted by atomic mass is 9.98. The predicted molar refractivity (Wildman–Crippen MR) is 105 cm³/mol. The molecule has 6 nitrogen and oxygen atoms in total.